The number of aliphatic hydroxyl groups is 1. The monoisotopic (exact) mass is 382 g/mol. The van der Waals surface area contributed by atoms with Crippen LogP contribution in [0, 0.1) is 0 Å². The minimum atomic E-state index is -1.03. The molecule has 1 aromatic heterocycles. The van der Waals surface area contributed by atoms with E-state index in [9.17, 15) is 9.90 Å². The number of benzene rings is 1. The number of carbonyl (C=O) groups excluding carboxylic acids is 1. The Labute approximate surface area is 165 Å². The molecule has 4 rings (SSSR count). The lowest BCUT2D eigenvalue weighted by molar-refractivity contribution is -0.0918. The van der Waals surface area contributed by atoms with Crippen LogP contribution in [0.4, 0.5) is 4.79 Å². The average Bonchev–Trinajstić information content (AvgIpc) is 2.72. The molecule has 6 nitrogen and oxygen atoms in total. The quantitative estimate of drug-likeness (QED) is 0.874. The van der Waals surface area contributed by atoms with Gasteiger partial charge in [-0.05, 0) is 37.0 Å². The van der Waals surface area contributed by atoms with Crippen LogP contribution in [0.3, 0.4) is 0 Å². The van der Waals surface area contributed by atoms with Gasteiger partial charge in [-0.2, -0.15) is 0 Å². The molecule has 0 radical (unpaired) electrons. The Balaban J connectivity index is 1.47. The Bertz CT molecular complexity index is 795. The normalized spacial score (nSPS) is 26.6. The molecule has 3 heterocycles. The van der Waals surface area contributed by atoms with E-state index in [0.717, 1.165) is 24.8 Å². The van der Waals surface area contributed by atoms with E-state index < -0.39 is 5.60 Å². The van der Waals surface area contributed by atoms with E-state index in [4.69, 9.17) is 9.47 Å². The number of carbonyl (C=O) groups is 1. The van der Waals surface area contributed by atoms with Crippen molar-refractivity contribution in [3.05, 3.63) is 59.9 Å². The van der Waals surface area contributed by atoms with E-state index in [1.165, 1.54) is 0 Å². The second-order valence-corrected chi connectivity index (χ2v) is 7.71. The number of ether oxygens (including phenoxy) is 2. The molecular formula is C22H26N2O4. The number of hydrogen-bond donors (Lipinski definition) is 1. The summed E-state index contributed by atoms with van der Waals surface area (Å²) in [7, 11) is 1.59. The van der Waals surface area contributed by atoms with Crippen molar-refractivity contribution in [1.29, 1.82) is 0 Å². The van der Waals surface area contributed by atoms with Gasteiger partial charge in [-0.15, -0.1) is 0 Å². The molecule has 148 valence electrons. The van der Waals surface area contributed by atoms with Gasteiger partial charge in [0.15, 0.2) is 0 Å². The van der Waals surface area contributed by atoms with Gasteiger partial charge in [-0.3, -0.25) is 4.98 Å². The topological polar surface area (TPSA) is 71.9 Å². The summed E-state index contributed by atoms with van der Waals surface area (Å²) in [4.78, 5) is 19.1. The smallest absolute Gasteiger partial charge is 0.410 e. The number of piperidine rings is 2. The fraction of sp³-hybridized carbons (Fsp3) is 0.455. The minimum Gasteiger partial charge on any atom is -0.495 e. The molecule has 2 fully saturated rings. The molecule has 2 aliphatic heterocycles. The van der Waals surface area contributed by atoms with Crippen molar-refractivity contribution in [2.24, 2.45) is 0 Å². The maximum atomic E-state index is 12.8. The van der Waals surface area contributed by atoms with Gasteiger partial charge in [-0.25, -0.2) is 4.79 Å². The van der Waals surface area contributed by atoms with Crippen LogP contribution in [0.2, 0.25) is 0 Å². The Kier molecular flexibility index (Phi) is 5.22. The van der Waals surface area contributed by atoms with Gasteiger partial charge in [0.05, 0.1) is 19.0 Å². The van der Waals surface area contributed by atoms with Gasteiger partial charge >= 0.3 is 6.09 Å². The third-order valence-corrected chi connectivity index (χ3v) is 5.87. The number of hydrogen-bond acceptors (Lipinski definition) is 5. The van der Waals surface area contributed by atoms with Gasteiger partial charge in [0.25, 0.3) is 0 Å². The zero-order valence-electron chi connectivity index (χ0n) is 16.1. The summed E-state index contributed by atoms with van der Waals surface area (Å²) in [5, 5.41) is 11.3. The fourth-order valence-corrected chi connectivity index (χ4v) is 4.51. The predicted octanol–water partition coefficient (Wildman–Crippen LogP) is 3.63. The molecule has 1 aromatic carbocycles. The van der Waals surface area contributed by atoms with Crippen LogP contribution in [-0.4, -0.2) is 40.3 Å². The maximum absolute atomic E-state index is 12.8. The third kappa shape index (κ3) is 3.69. The molecule has 2 bridgehead atoms. The summed E-state index contributed by atoms with van der Waals surface area (Å²) in [5.41, 5.74) is 0.581. The number of pyridine rings is 1. The largest absolute Gasteiger partial charge is 0.495 e. The van der Waals surface area contributed by atoms with E-state index in [0.29, 0.717) is 24.3 Å². The molecule has 2 aromatic rings. The Morgan fingerprint density at radius 1 is 1.18 bits per heavy atom. The van der Waals surface area contributed by atoms with Crippen molar-refractivity contribution < 1.29 is 19.4 Å². The van der Waals surface area contributed by atoms with Crippen LogP contribution in [0.15, 0.2) is 48.7 Å². The Morgan fingerprint density at radius 3 is 2.50 bits per heavy atom. The van der Waals surface area contributed by atoms with Gasteiger partial charge in [-0.1, -0.05) is 30.3 Å². The van der Waals surface area contributed by atoms with Crippen LogP contribution in [0.1, 0.15) is 43.4 Å². The molecule has 28 heavy (non-hydrogen) atoms. The number of methoxy groups -OCH3 is 1. The molecule has 0 spiro atoms. The SMILES string of the molecule is COc1ccc(C2(O)CC3CCCC(C2)N3C(=O)OCc2ccccc2)nc1. The summed E-state index contributed by atoms with van der Waals surface area (Å²) in [6, 6.07) is 13.2. The second kappa shape index (κ2) is 7.80. The molecule has 2 aliphatic rings. The Morgan fingerprint density at radius 2 is 1.89 bits per heavy atom. The standard InChI is InChI=1S/C22H26N2O4/c1-27-19-10-11-20(23-14-19)22(26)12-17-8-5-9-18(13-22)24(17)21(25)28-15-16-6-3-2-4-7-16/h2-4,6-7,10-11,14,17-18,26H,5,8-9,12-13,15H2,1H3. The van der Waals surface area contributed by atoms with E-state index >= 15 is 0 Å². The number of rotatable bonds is 4. The summed E-state index contributed by atoms with van der Waals surface area (Å²) in [6.45, 7) is 0.264. The zero-order valence-corrected chi connectivity index (χ0v) is 16.1. The van der Waals surface area contributed by atoms with Crippen LogP contribution in [0.5, 0.6) is 5.75 Å². The van der Waals surface area contributed by atoms with Crippen molar-refractivity contribution in [3.8, 4) is 5.75 Å². The lowest BCUT2D eigenvalue weighted by Gasteiger charge is -2.51. The highest BCUT2D eigenvalue weighted by Crippen LogP contribution is 2.44. The number of amides is 1. The number of nitrogens with zero attached hydrogens (tertiary/aromatic N) is 2. The van der Waals surface area contributed by atoms with Crippen molar-refractivity contribution in [1.82, 2.24) is 9.88 Å². The first-order chi connectivity index (χ1) is 13.6. The zero-order chi connectivity index (χ0) is 19.6. The van der Waals surface area contributed by atoms with Crippen LogP contribution in [-0.2, 0) is 16.9 Å². The molecule has 1 N–H and O–H groups in total. The van der Waals surface area contributed by atoms with Crippen LogP contribution >= 0.6 is 0 Å². The first-order valence-electron chi connectivity index (χ1n) is 9.81. The summed E-state index contributed by atoms with van der Waals surface area (Å²) in [5.74, 6) is 0.662. The number of aromatic nitrogens is 1. The molecule has 2 unspecified atom stereocenters. The van der Waals surface area contributed by atoms with Crippen LogP contribution in [0.25, 0.3) is 0 Å². The molecule has 0 aliphatic carbocycles. The summed E-state index contributed by atoms with van der Waals surface area (Å²) >= 11 is 0. The lowest BCUT2D eigenvalue weighted by atomic mass is 9.74. The van der Waals surface area contributed by atoms with Gasteiger partial charge in [0, 0.05) is 24.9 Å². The van der Waals surface area contributed by atoms with E-state index in [1.807, 2.05) is 47.4 Å². The van der Waals surface area contributed by atoms with Gasteiger partial charge in [0.2, 0.25) is 0 Å². The van der Waals surface area contributed by atoms with Crippen molar-refractivity contribution in [2.75, 3.05) is 7.11 Å². The molecule has 2 saturated heterocycles. The van der Waals surface area contributed by atoms with Crippen molar-refractivity contribution >= 4 is 6.09 Å². The number of fused-ring (bicyclic) bond motifs is 2. The lowest BCUT2D eigenvalue weighted by Crippen LogP contribution is -2.59. The highest BCUT2D eigenvalue weighted by Gasteiger charge is 2.49. The first-order valence-corrected chi connectivity index (χ1v) is 9.81. The molecule has 1 amide bonds. The second-order valence-electron chi connectivity index (χ2n) is 7.71. The molecule has 2 atom stereocenters. The third-order valence-electron chi connectivity index (χ3n) is 5.87. The first kappa shape index (κ1) is 18.7. The Hall–Kier alpha value is -2.60. The maximum Gasteiger partial charge on any atom is 0.410 e. The van der Waals surface area contributed by atoms with Crippen molar-refractivity contribution in [2.45, 2.75) is 56.4 Å². The van der Waals surface area contributed by atoms with E-state index in [2.05, 4.69) is 4.98 Å². The van der Waals surface area contributed by atoms with Crippen molar-refractivity contribution in [3.63, 3.8) is 0 Å². The van der Waals surface area contributed by atoms with Crippen LogP contribution < -0.4 is 4.74 Å². The fourth-order valence-electron chi connectivity index (χ4n) is 4.51. The highest BCUT2D eigenvalue weighted by molar-refractivity contribution is 5.69. The predicted molar refractivity (Wildman–Crippen MR) is 104 cm³/mol. The molecule has 0 saturated carbocycles. The molecule has 6 heteroatoms. The summed E-state index contributed by atoms with van der Waals surface area (Å²) in [6.07, 6.45) is 5.09. The average molecular weight is 382 g/mol. The van der Waals surface area contributed by atoms with Gasteiger partial charge < -0.3 is 19.5 Å². The highest BCUT2D eigenvalue weighted by atomic mass is 16.6. The van der Waals surface area contributed by atoms with E-state index in [-0.39, 0.29) is 24.8 Å². The molecular weight excluding hydrogens is 356 g/mol. The van der Waals surface area contributed by atoms with E-state index in [1.54, 1.807) is 13.3 Å². The minimum absolute atomic E-state index is 0.0373. The van der Waals surface area contributed by atoms with Gasteiger partial charge in [0.1, 0.15) is 18.0 Å². The summed E-state index contributed by atoms with van der Waals surface area (Å²) < 4.78 is 10.7.